The number of rotatable bonds is 3. The Kier molecular flexibility index (Phi) is 3.90. The van der Waals surface area contributed by atoms with E-state index >= 15 is 0 Å². The zero-order valence-electron chi connectivity index (χ0n) is 10.6. The van der Waals surface area contributed by atoms with E-state index in [9.17, 15) is 13.2 Å². The van der Waals surface area contributed by atoms with Gasteiger partial charge in [-0.25, -0.2) is 4.98 Å². The molecular weight excluding hydrogens is 321 g/mol. The fourth-order valence-corrected chi connectivity index (χ4v) is 2.76. The molecule has 2 nitrogen and oxygen atoms in total. The fourth-order valence-electron chi connectivity index (χ4n) is 2.31. The maximum atomic E-state index is 13.2. The van der Waals surface area contributed by atoms with Crippen LogP contribution in [0.15, 0.2) is 22.9 Å². The van der Waals surface area contributed by atoms with Crippen molar-refractivity contribution < 1.29 is 13.2 Å². The maximum Gasteiger partial charge on any atom is 0.418 e. The minimum atomic E-state index is -4.38. The highest BCUT2D eigenvalue weighted by atomic mass is 79.9. The van der Waals surface area contributed by atoms with Crippen molar-refractivity contribution in [1.82, 2.24) is 9.55 Å². The summed E-state index contributed by atoms with van der Waals surface area (Å²) in [4.78, 5) is 4.10. The van der Waals surface area contributed by atoms with Crippen LogP contribution in [0.3, 0.4) is 0 Å². The van der Waals surface area contributed by atoms with Crippen LogP contribution in [0.1, 0.15) is 38.3 Å². The molecule has 0 aliphatic rings. The number of hydrogen-bond acceptors (Lipinski definition) is 1. The zero-order chi connectivity index (χ0) is 14.2. The number of halogens is 4. The van der Waals surface area contributed by atoms with Gasteiger partial charge >= 0.3 is 6.18 Å². The van der Waals surface area contributed by atoms with E-state index in [1.54, 1.807) is 10.6 Å². The molecule has 0 saturated heterocycles. The van der Waals surface area contributed by atoms with Crippen molar-refractivity contribution in [1.29, 1.82) is 0 Å². The lowest BCUT2D eigenvalue weighted by molar-refractivity contribution is -0.136. The van der Waals surface area contributed by atoms with E-state index in [0.29, 0.717) is 9.99 Å². The van der Waals surface area contributed by atoms with Gasteiger partial charge in [0.1, 0.15) is 0 Å². The molecular formula is C13H14BrF3N2. The first-order valence-corrected chi connectivity index (χ1v) is 6.91. The topological polar surface area (TPSA) is 17.8 Å². The molecule has 2 aromatic rings. The third-order valence-electron chi connectivity index (χ3n) is 3.28. The lowest BCUT2D eigenvalue weighted by Gasteiger charge is -2.18. The van der Waals surface area contributed by atoms with E-state index < -0.39 is 11.7 Å². The third kappa shape index (κ3) is 2.63. The van der Waals surface area contributed by atoms with Crippen LogP contribution in [-0.2, 0) is 6.18 Å². The molecule has 0 aliphatic carbocycles. The fraction of sp³-hybridized carbons (Fsp3) is 0.462. The molecule has 6 heteroatoms. The van der Waals surface area contributed by atoms with Crippen molar-refractivity contribution >= 4 is 27.0 Å². The van der Waals surface area contributed by atoms with Gasteiger partial charge in [-0.2, -0.15) is 13.2 Å². The van der Waals surface area contributed by atoms with Gasteiger partial charge in [-0.3, -0.25) is 0 Å². The molecule has 19 heavy (non-hydrogen) atoms. The van der Waals surface area contributed by atoms with Gasteiger partial charge < -0.3 is 4.57 Å². The minimum absolute atomic E-state index is 0.0345. The first-order valence-electron chi connectivity index (χ1n) is 6.11. The van der Waals surface area contributed by atoms with Gasteiger partial charge in [-0.1, -0.05) is 29.8 Å². The molecule has 0 radical (unpaired) electrons. The summed E-state index contributed by atoms with van der Waals surface area (Å²) in [6.07, 6.45) is -1.33. The lowest BCUT2D eigenvalue weighted by atomic mass is 10.1. The van der Waals surface area contributed by atoms with Crippen molar-refractivity contribution in [2.45, 2.75) is 38.9 Å². The standard InChI is InChI=1S/C13H14BrF3N2/c1-3-9(4-2)19-7-18-11-6-8(14)5-10(12(11)19)13(15,16)17/h5-7,9H,3-4H2,1-2H3. The molecule has 0 spiro atoms. The van der Waals surface area contributed by atoms with Crippen LogP contribution in [0.2, 0.25) is 0 Å². The SMILES string of the molecule is CCC(CC)n1cnc2cc(Br)cc(C(F)(F)F)c21. The highest BCUT2D eigenvalue weighted by Crippen LogP contribution is 2.38. The van der Waals surface area contributed by atoms with Gasteiger partial charge in [-0.05, 0) is 25.0 Å². The summed E-state index contributed by atoms with van der Waals surface area (Å²) in [5, 5.41) is 0. The average Bonchev–Trinajstić information content (AvgIpc) is 2.72. The normalized spacial score (nSPS) is 12.6. The molecule has 0 aliphatic heterocycles. The summed E-state index contributed by atoms with van der Waals surface area (Å²) < 4.78 is 41.5. The Labute approximate surface area is 117 Å². The van der Waals surface area contributed by atoms with Crippen LogP contribution in [-0.4, -0.2) is 9.55 Å². The number of hydrogen-bond donors (Lipinski definition) is 0. The second-order valence-corrected chi connectivity index (χ2v) is 5.36. The Bertz CT molecular complexity index is 585. The Morgan fingerprint density at radius 3 is 2.42 bits per heavy atom. The predicted octanol–water partition coefficient (Wildman–Crippen LogP) is 5.18. The van der Waals surface area contributed by atoms with Crippen LogP contribution in [0.4, 0.5) is 13.2 Å². The van der Waals surface area contributed by atoms with Gasteiger partial charge in [0.05, 0.1) is 22.9 Å². The number of alkyl halides is 3. The highest BCUT2D eigenvalue weighted by molar-refractivity contribution is 9.10. The van der Waals surface area contributed by atoms with Crippen molar-refractivity contribution in [3.05, 3.63) is 28.5 Å². The summed E-state index contributed by atoms with van der Waals surface area (Å²) in [6.45, 7) is 3.93. The molecule has 104 valence electrons. The van der Waals surface area contributed by atoms with Gasteiger partial charge in [0.2, 0.25) is 0 Å². The van der Waals surface area contributed by atoms with Crippen LogP contribution < -0.4 is 0 Å². The minimum Gasteiger partial charge on any atom is -0.327 e. The van der Waals surface area contributed by atoms with Crippen LogP contribution >= 0.6 is 15.9 Å². The summed E-state index contributed by atoms with van der Waals surface area (Å²) >= 11 is 3.11. The van der Waals surface area contributed by atoms with E-state index in [4.69, 9.17) is 0 Å². The van der Waals surface area contributed by atoms with E-state index in [2.05, 4.69) is 20.9 Å². The maximum absolute atomic E-state index is 13.2. The van der Waals surface area contributed by atoms with Gasteiger partial charge in [0.25, 0.3) is 0 Å². The van der Waals surface area contributed by atoms with E-state index in [1.807, 2.05) is 13.8 Å². The molecule has 0 amide bonds. The van der Waals surface area contributed by atoms with Crippen molar-refractivity contribution in [2.24, 2.45) is 0 Å². The summed E-state index contributed by atoms with van der Waals surface area (Å²) in [5.41, 5.74) is -0.0979. The molecule has 1 aromatic carbocycles. The molecule has 1 heterocycles. The van der Waals surface area contributed by atoms with Crippen molar-refractivity contribution in [3.63, 3.8) is 0 Å². The van der Waals surface area contributed by atoms with Crippen LogP contribution in [0.25, 0.3) is 11.0 Å². The molecule has 0 bridgehead atoms. The number of imidazole rings is 1. The largest absolute Gasteiger partial charge is 0.418 e. The Hall–Kier alpha value is -1.04. The Morgan fingerprint density at radius 1 is 1.26 bits per heavy atom. The first-order chi connectivity index (χ1) is 8.88. The number of fused-ring (bicyclic) bond motifs is 1. The molecule has 0 unspecified atom stereocenters. The van der Waals surface area contributed by atoms with Gasteiger partial charge in [0.15, 0.2) is 0 Å². The van der Waals surface area contributed by atoms with E-state index in [1.165, 1.54) is 6.33 Å². The monoisotopic (exact) mass is 334 g/mol. The summed E-state index contributed by atoms with van der Waals surface area (Å²) in [6, 6.07) is 2.76. The third-order valence-corrected chi connectivity index (χ3v) is 3.73. The zero-order valence-corrected chi connectivity index (χ0v) is 12.2. The van der Waals surface area contributed by atoms with Gasteiger partial charge in [0, 0.05) is 10.5 Å². The molecule has 0 atom stereocenters. The number of benzene rings is 1. The summed E-state index contributed by atoms with van der Waals surface area (Å²) in [7, 11) is 0. The Morgan fingerprint density at radius 2 is 1.89 bits per heavy atom. The van der Waals surface area contributed by atoms with Crippen LogP contribution in [0.5, 0.6) is 0 Å². The first kappa shape index (κ1) is 14.4. The van der Waals surface area contributed by atoms with Gasteiger partial charge in [-0.15, -0.1) is 0 Å². The Balaban J connectivity index is 2.75. The second kappa shape index (κ2) is 5.15. The summed E-state index contributed by atoms with van der Waals surface area (Å²) in [5.74, 6) is 0. The molecule has 0 fully saturated rings. The van der Waals surface area contributed by atoms with Crippen molar-refractivity contribution in [3.8, 4) is 0 Å². The molecule has 2 rings (SSSR count). The smallest absolute Gasteiger partial charge is 0.327 e. The van der Waals surface area contributed by atoms with E-state index in [0.717, 1.165) is 18.9 Å². The van der Waals surface area contributed by atoms with Crippen LogP contribution in [0, 0.1) is 0 Å². The predicted molar refractivity (Wildman–Crippen MR) is 72.1 cm³/mol. The molecule has 0 saturated carbocycles. The number of aromatic nitrogens is 2. The number of nitrogens with zero attached hydrogens (tertiary/aromatic N) is 2. The average molecular weight is 335 g/mol. The lowest BCUT2D eigenvalue weighted by Crippen LogP contribution is -2.11. The second-order valence-electron chi connectivity index (χ2n) is 4.44. The highest BCUT2D eigenvalue weighted by Gasteiger charge is 2.35. The molecule has 0 N–H and O–H groups in total. The quantitative estimate of drug-likeness (QED) is 0.756. The van der Waals surface area contributed by atoms with Crippen molar-refractivity contribution in [2.75, 3.05) is 0 Å². The molecule has 1 aromatic heterocycles. The van der Waals surface area contributed by atoms with E-state index in [-0.39, 0.29) is 11.6 Å².